The molecule has 0 aromatic heterocycles. The monoisotopic (exact) mass is 256 g/mol. The Kier molecular flexibility index (Phi) is 8.01. The number of hydrogen-bond donors (Lipinski definition) is 3. The van der Waals surface area contributed by atoms with E-state index in [0.29, 0.717) is 12.5 Å². The van der Waals surface area contributed by atoms with Gasteiger partial charge in [-0.25, -0.2) is 0 Å². The van der Waals surface area contributed by atoms with Crippen LogP contribution in [0.1, 0.15) is 51.4 Å². The summed E-state index contributed by atoms with van der Waals surface area (Å²) in [6, 6.07) is 0. The molecule has 4 nitrogen and oxygen atoms in total. The van der Waals surface area contributed by atoms with Gasteiger partial charge in [-0.05, 0) is 38.1 Å². The largest absolute Gasteiger partial charge is 0.396 e. The van der Waals surface area contributed by atoms with E-state index in [1.807, 2.05) is 0 Å². The first-order valence-electron chi connectivity index (χ1n) is 7.38. The van der Waals surface area contributed by atoms with E-state index < -0.39 is 0 Å². The fraction of sp³-hybridized carbons (Fsp3) is 0.929. The molecule has 1 fully saturated rings. The molecule has 1 amide bonds. The van der Waals surface area contributed by atoms with Crippen molar-refractivity contribution < 1.29 is 9.90 Å². The van der Waals surface area contributed by atoms with E-state index in [0.717, 1.165) is 51.5 Å². The molecule has 0 bridgehead atoms. The van der Waals surface area contributed by atoms with Gasteiger partial charge >= 0.3 is 0 Å². The summed E-state index contributed by atoms with van der Waals surface area (Å²) in [6.07, 6.45) is 8.46. The second-order valence-corrected chi connectivity index (χ2v) is 5.32. The predicted molar refractivity (Wildman–Crippen MR) is 73.1 cm³/mol. The molecule has 0 radical (unpaired) electrons. The smallest absolute Gasteiger partial charge is 0.223 e. The normalized spacial score (nSPS) is 23.9. The number of nitrogens with one attached hydrogen (secondary N) is 1. The van der Waals surface area contributed by atoms with Crippen LogP contribution in [0, 0.1) is 11.8 Å². The van der Waals surface area contributed by atoms with E-state index in [2.05, 4.69) is 5.32 Å². The number of carbonyl (C=O) groups is 1. The van der Waals surface area contributed by atoms with Gasteiger partial charge in [0.05, 0.1) is 0 Å². The summed E-state index contributed by atoms with van der Waals surface area (Å²) in [6.45, 7) is 1.67. The Bertz CT molecular complexity index is 234. The van der Waals surface area contributed by atoms with Crippen LogP contribution in [0.15, 0.2) is 0 Å². The molecular weight excluding hydrogens is 228 g/mol. The van der Waals surface area contributed by atoms with Crippen LogP contribution in [-0.2, 0) is 4.79 Å². The maximum Gasteiger partial charge on any atom is 0.223 e. The quantitative estimate of drug-likeness (QED) is 0.575. The van der Waals surface area contributed by atoms with E-state index >= 15 is 0 Å². The standard InChI is InChI=1S/C14H28N2O2/c15-11-12-7-3-4-8-13(12)14(18)16-9-5-1-2-6-10-17/h12-13,17H,1-11,15H2,(H,16,18). The van der Waals surface area contributed by atoms with E-state index in [1.165, 1.54) is 6.42 Å². The van der Waals surface area contributed by atoms with Crippen molar-refractivity contribution >= 4 is 5.91 Å². The van der Waals surface area contributed by atoms with Gasteiger partial charge in [-0.15, -0.1) is 0 Å². The fourth-order valence-electron chi connectivity index (χ4n) is 2.77. The lowest BCUT2D eigenvalue weighted by Crippen LogP contribution is -2.39. The number of amides is 1. The minimum Gasteiger partial charge on any atom is -0.396 e. The molecule has 0 saturated heterocycles. The molecule has 0 spiro atoms. The minimum absolute atomic E-state index is 0.140. The average molecular weight is 256 g/mol. The molecule has 2 atom stereocenters. The second-order valence-electron chi connectivity index (χ2n) is 5.32. The Hall–Kier alpha value is -0.610. The van der Waals surface area contributed by atoms with Gasteiger partial charge in [-0.2, -0.15) is 0 Å². The summed E-state index contributed by atoms with van der Waals surface area (Å²) < 4.78 is 0. The molecular formula is C14H28N2O2. The summed E-state index contributed by atoms with van der Waals surface area (Å²) >= 11 is 0. The zero-order valence-corrected chi connectivity index (χ0v) is 11.4. The van der Waals surface area contributed by atoms with Crippen LogP contribution in [0.3, 0.4) is 0 Å². The van der Waals surface area contributed by atoms with Gasteiger partial charge in [0.1, 0.15) is 0 Å². The third kappa shape index (κ3) is 5.36. The van der Waals surface area contributed by atoms with E-state index in [9.17, 15) is 4.79 Å². The Morgan fingerprint density at radius 1 is 1.17 bits per heavy atom. The van der Waals surface area contributed by atoms with Crippen LogP contribution in [0.4, 0.5) is 0 Å². The van der Waals surface area contributed by atoms with E-state index in [1.54, 1.807) is 0 Å². The number of aliphatic hydroxyl groups excluding tert-OH is 1. The molecule has 1 rings (SSSR count). The summed E-state index contributed by atoms with van der Waals surface area (Å²) in [5.41, 5.74) is 5.74. The molecule has 1 aliphatic carbocycles. The van der Waals surface area contributed by atoms with Crippen LogP contribution in [0.25, 0.3) is 0 Å². The summed E-state index contributed by atoms with van der Waals surface area (Å²) in [4.78, 5) is 12.0. The molecule has 0 aromatic carbocycles. The van der Waals surface area contributed by atoms with Gasteiger partial charge in [0, 0.05) is 19.1 Å². The Balaban J connectivity index is 2.14. The van der Waals surface area contributed by atoms with Crippen LogP contribution in [-0.4, -0.2) is 30.7 Å². The van der Waals surface area contributed by atoms with Crippen molar-refractivity contribution in [1.82, 2.24) is 5.32 Å². The van der Waals surface area contributed by atoms with Crippen LogP contribution in [0.2, 0.25) is 0 Å². The van der Waals surface area contributed by atoms with E-state index in [-0.39, 0.29) is 18.4 Å². The molecule has 0 aromatic rings. The Labute approximate surface area is 110 Å². The highest BCUT2D eigenvalue weighted by atomic mass is 16.2. The summed E-state index contributed by atoms with van der Waals surface area (Å²) in [5, 5.41) is 11.7. The maximum absolute atomic E-state index is 12.0. The highest BCUT2D eigenvalue weighted by Gasteiger charge is 2.29. The van der Waals surface area contributed by atoms with Crippen LogP contribution >= 0.6 is 0 Å². The van der Waals surface area contributed by atoms with Gasteiger partial charge in [0.25, 0.3) is 0 Å². The first-order chi connectivity index (χ1) is 8.79. The van der Waals surface area contributed by atoms with Gasteiger partial charge in [0.2, 0.25) is 5.91 Å². The van der Waals surface area contributed by atoms with Crippen molar-refractivity contribution in [2.45, 2.75) is 51.4 Å². The SMILES string of the molecule is NCC1CCCCC1C(=O)NCCCCCCO. The Morgan fingerprint density at radius 3 is 2.61 bits per heavy atom. The molecule has 4 heteroatoms. The summed E-state index contributed by atoms with van der Waals surface area (Å²) in [7, 11) is 0. The second kappa shape index (κ2) is 9.34. The first kappa shape index (κ1) is 15.4. The first-order valence-corrected chi connectivity index (χ1v) is 7.38. The Morgan fingerprint density at radius 2 is 1.89 bits per heavy atom. The highest BCUT2D eigenvalue weighted by Crippen LogP contribution is 2.29. The minimum atomic E-state index is 0.140. The number of unbranched alkanes of at least 4 members (excludes halogenated alkanes) is 3. The number of rotatable bonds is 8. The molecule has 2 unspecified atom stereocenters. The molecule has 0 heterocycles. The number of nitrogens with two attached hydrogens (primary N) is 1. The fourth-order valence-corrected chi connectivity index (χ4v) is 2.77. The number of carbonyl (C=O) groups excluding carboxylic acids is 1. The number of aliphatic hydroxyl groups is 1. The predicted octanol–water partition coefficient (Wildman–Crippen LogP) is 1.42. The van der Waals surface area contributed by atoms with Gasteiger partial charge in [-0.1, -0.05) is 25.7 Å². The van der Waals surface area contributed by atoms with Crippen molar-refractivity contribution in [3.05, 3.63) is 0 Å². The maximum atomic E-state index is 12.0. The molecule has 1 aliphatic rings. The molecule has 106 valence electrons. The van der Waals surface area contributed by atoms with Crippen molar-refractivity contribution in [3.63, 3.8) is 0 Å². The molecule has 4 N–H and O–H groups in total. The number of hydrogen-bond acceptors (Lipinski definition) is 3. The molecule has 1 saturated carbocycles. The van der Waals surface area contributed by atoms with Gasteiger partial charge in [-0.3, -0.25) is 4.79 Å². The van der Waals surface area contributed by atoms with Crippen molar-refractivity contribution in [3.8, 4) is 0 Å². The summed E-state index contributed by atoms with van der Waals surface area (Å²) in [5.74, 6) is 0.724. The lowest BCUT2D eigenvalue weighted by molar-refractivity contribution is -0.127. The third-order valence-corrected chi connectivity index (χ3v) is 3.93. The zero-order chi connectivity index (χ0) is 13.2. The zero-order valence-electron chi connectivity index (χ0n) is 11.4. The molecule has 0 aliphatic heterocycles. The van der Waals surface area contributed by atoms with Crippen molar-refractivity contribution in [1.29, 1.82) is 0 Å². The van der Waals surface area contributed by atoms with Crippen LogP contribution in [0.5, 0.6) is 0 Å². The van der Waals surface area contributed by atoms with Crippen LogP contribution < -0.4 is 11.1 Å². The lowest BCUT2D eigenvalue weighted by Gasteiger charge is -2.29. The third-order valence-electron chi connectivity index (χ3n) is 3.93. The van der Waals surface area contributed by atoms with E-state index in [4.69, 9.17) is 10.8 Å². The van der Waals surface area contributed by atoms with Gasteiger partial charge < -0.3 is 16.2 Å². The van der Waals surface area contributed by atoms with Crippen molar-refractivity contribution in [2.24, 2.45) is 17.6 Å². The highest BCUT2D eigenvalue weighted by molar-refractivity contribution is 5.79. The van der Waals surface area contributed by atoms with Crippen molar-refractivity contribution in [2.75, 3.05) is 19.7 Å². The molecule has 18 heavy (non-hydrogen) atoms. The average Bonchev–Trinajstić information content (AvgIpc) is 2.42. The van der Waals surface area contributed by atoms with Gasteiger partial charge in [0.15, 0.2) is 0 Å². The topological polar surface area (TPSA) is 75.4 Å². The lowest BCUT2D eigenvalue weighted by atomic mass is 9.79.